The molecule has 1 saturated carbocycles. The number of rotatable bonds is 6. The van der Waals surface area contributed by atoms with Gasteiger partial charge < -0.3 is 15.0 Å². The van der Waals surface area contributed by atoms with Gasteiger partial charge in [-0.2, -0.15) is 13.2 Å². The van der Waals surface area contributed by atoms with E-state index in [1.165, 1.54) is 10.4 Å². The Bertz CT molecular complexity index is 1230. The summed E-state index contributed by atoms with van der Waals surface area (Å²) >= 11 is 0. The molecular weight excluding hydrogens is 502 g/mol. The maximum absolute atomic E-state index is 14.6. The lowest BCUT2D eigenvalue weighted by Crippen LogP contribution is -2.36. The zero-order chi connectivity index (χ0) is 25.7. The van der Waals surface area contributed by atoms with Crippen molar-refractivity contribution in [2.75, 3.05) is 49.6 Å². The number of hydrogen-bond donors (Lipinski definition) is 1. The maximum atomic E-state index is 14.6. The molecule has 0 bridgehead atoms. The van der Waals surface area contributed by atoms with E-state index in [9.17, 15) is 30.8 Å². The number of nitrogens with one attached hydrogen (secondary N) is 1. The van der Waals surface area contributed by atoms with Gasteiger partial charge in [-0.25, -0.2) is 17.1 Å². The Kier molecular flexibility index (Phi) is 6.46. The van der Waals surface area contributed by atoms with Crippen molar-refractivity contribution in [3.05, 3.63) is 59.4 Å². The minimum absolute atomic E-state index is 0.134. The number of ether oxygens (including phenoxy) is 1. The summed E-state index contributed by atoms with van der Waals surface area (Å²) < 4.78 is 84.9. The molecule has 2 atom stereocenters. The lowest BCUT2D eigenvalue weighted by atomic mass is 10.1. The normalized spacial score (nSPS) is 24.4. The van der Waals surface area contributed by atoms with Crippen molar-refractivity contribution in [1.82, 2.24) is 4.31 Å². The first-order valence-corrected chi connectivity index (χ1v) is 13.2. The van der Waals surface area contributed by atoms with Crippen LogP contribution in [0.15, 0.2) is 42.5 Å². The van der Waals surface area contributed by atoms with Crippen molar-refractivity contribution in [2.45, 2.75) is 11.9 Å². The number of alkyl halides is 3. The number of fused-ring (bicyclic) bond motifs is 1. The van der Waals surface area contributed by atoms with Crippen LogP contribution >= 0.6 is 0 Å². The van der Waals surface area contributed by atoms with Crippen LogP contribution in [0, 0.1) is 23.6 Å². The molecule has 1 amide bonds. The summed E-state index contributed by atoms with van der Waals surface area (Å²) in [5, 5.41) is 2.73. The molecule has 194 valence electrons. The van der Waals surface area contributed by atoms with Gasteiger partial charge in [0.25, 0.3) is 0 Å². The first-order chi connectivity index (χ1) is 17.0. The van der Waals surface area contributed by atoms with Gasteiger partial charge in [0.15, 0.2) is 0 Å². The Morgan fingerprint density at radius 3 is 2.25 bits per heavy atom. The molecule has 2 saturated heterocycles. The molecule has 0 spiro atoms. The highest BCUT2D eigenvalue weighted by molar-refractivity contribution is 7.88. The Hall–Kier alpha value is -2.70. The number of hydrogen-bond acceptors (Lipinski definition) is 5. The van der Waals surface area contributed by atoms with Gasteiger partial charge >= 0.3 is 6.18 Å². The smallest absolute Gasteiger partial charge is 0.378 e. The highest BCUT2D eigenvalue weighted by atomic mass is 32.2. The van der Waals surface area contributed by atoms with Crippen LogP contribution < -0.4 is 10.2 Å². The number of halogens is 4. The molecule has 2 heterocycles. The van der Waals surface area contributed by atoms with E-state index in [4.69, 9.17) is 4.74 Å². The molecule has 0 radical (unpaired) electrons. The summed E-state index contributed by atoms with van der Waals surface area (Å²) in [4.78, 5) is 14.6. The third-order valence-corrected chi connectivity index (χ3v) is 8.84. The topological polar surface area (TPSA) is 79.0 Å². The summed E-state index contributed by atoms with van der Waals surface area (Å²) in [6.07, 6.45) is -4.49. The Labute approximate surface area is 206 Å². The van der Waals surface area contributed by atoms with Crippen molar-refractivity contribution < 1.29 is 35.5 Å². The molecular formula is C24H25F4N3O4S. The third kappa shape index (κ3) is 5.07. The van der Waals surface area contributed by atoms with Crippen LogP contribution in [0.2, 0.25) is 0 Å². The SMILES string of the molecule is O=C(Nc1ccc(N2CCOCC2)c(F)c1)C1C2CN(S(=O)(=O)Cc3ccc(C(F)(F)F)cc3)CC21. The largest absolute Gasteiger partial charge is 0.416 e. The van der Waals surface area contributed by atoms with Crippen molar-refractivity contribution in [3.63, 3.8) is 0 Å². The summed E-state index contributed by atoms with van der Waals surface area (Å²) in [5.74, 6) is -1.75. The molecule has 12 heteroatoms. The fourth-order valence-corrected chi connectivity index (χ4v) is 6.66. The highest BCUT2D eigenvalue weighted by Crippen LogP contribution is 2.53. The van der Waals surface area contributed by atoms with Crippen LogP contribution in [0.5, 0.6) is 0 Å². The molecule has 1 aliphatic carbocycles. The minimum atomic E-state index is -4.49. The third-order valence-electron chi connectivity index (χ3n) is 7.05. The molecule has 2 aromatic rings. The maximum Gasteiger partial charge on any atom is 0.416 e. The van der Waals surface area contributed by atoms with E-state index >= 15 is 0 Å². The molecule has 5 rings (SSSR count). The van der Waals surface area contributed by atoms with Crippen molar-refractivity contribution >= 4 is 27.3 Å². The lowest BCUT2D eigenvalue weighted by Gasteiger charge is -2.29. The molecule has 2 aromatic carbocycles. The van der Waals surface area contributed by atoms with Gasteiger partial charge in [-0.15, -0.1) is 0 Å². The molecule has 36 heavy (non-hydrogen) atoms. The number of anilines is 2. The highest BCUT2D eigenvalue weighted by Gasteiger charge is 2.61. The van der Waals surface area contributed by atoms with E-state index in [-0.39, 0.29) is 42.3 Å². The van der Waals surface area contributed by atoms with Crippen LogP contribution in [0.1, 0.15) is 11.1 Å². The fraction of sp³-hybridized carbons (Fsp3) is 0.458. The number of morpholine rings is 1. The van der Waals surface area contributed by atoms with Crippen LogP contribution in [0.25, 0.3) is 0 Å². The number of sulfonamides is 1. The van der Waals surface area contributed by atoms with Gasteiger partial charge in [-0.1, -0.05) is 12.1 Å². The van der Waals surface area contributed by atoms with Crippen molar-refractivity contribution in [1.29, 1.82) is 0 Å². The molecule has 3 aliphatic rings. The van der Waals surface area contributed by atoms with E-state index in [1.807, 2.05) is 4.90 Å². The van der Waals surface area contributed by atoms with Gasteiger partial charge in [0.1, 0.15) is 5.82 Å². The van der Waals surface area contributed by atoms with E-state index in [0.717, 1.165) is 24.3 Å². The Morgan fingerprint density at radius 2 is 1.67 bits per heavy atom. The van der Waals surface area contributed by atoms with Crippen molar-refractivity contribution in [2.24, 2.45) is 17.8 Å². The van der Waals surface area contributed by atoms with Gasteiger partial charge in [0.2, 0.25) is 15.9 Å². The number of amides is 1. The van der Waals surface area contributed by atoms with Gasteiger partial charge in [-0.3, -0.25) is 4.79 Å². The second kappa shape index (κ2) is 9.31. The quantitative estimate of drug-likeness (QED) is 0.584. The van der Waals surface area contributed by atoms with Gasteiger partial charge in [0, 0.05) is 37.8 Å². The second-order valence-electron chi connectivity index (χ2n) is 9.38. The number of piperidine rings is 1. The number of benzene rings is 2. The van der Waals surface area contributed by atoms with E-state index < -0.39 is 33.3 Å². The lowest BCUT2D eigenvalue weighted by molar-refractivity contribution is -0.137. The van der Waals surface area contributed by atoms with E-state index in [1.54, 1.807) is 12.1 Å². The van der Waals surface area contributed by atoms with E-state index in [0.29, 0.717) is 37.7 Å². The first-order valence-electron chi connectivity index (χ1n) is 11.6. The molecule has 0 aromatic heterocycles. The summed E-state index contributed by atoms with van der Waals surface area (Å²) in [5.41, 5.74) is 0.218. The Morgan fingerprint density at radius 1 is 1.03 bits per heavy atom. The van der Waals surface area contributed by atoms with E-state index in [2.05, 4.69) is 5.32 Å². The monoisotopic (exact) mass is 527 g/mol. The van der Waals surface area contributed by atoms with Gasteiger partial charge in [0.05, 0.1) is 30.2 Å². The molecule has 3 fully saturated rings. The summed E-state index contributed by atoms with van der Waals surface area (Å²) in [7, 11) is -3.74. The summed E-state index contributed by atoms with van der Waals surface area (Å²) in [6.45, 7) is 2.59. The summed E-state index contributed by atoms with van der Waals surface area (Å²) in [6, 6.07) is 8.60. The Balaban J connectivity index is 1.15. The zero-order valence-electron chi connectivity index (χ0n) is 19.2. The molecule has 2 unspecified atom stereocenters. The van der Waals surface area contributed by atoms with Gasteiger partial charge in [-0.05, 0) is 47.7 Å². The van der Waals surface area contributed by atoms with Crippen molar-refractivity contribution in [3.8, 4) is 0 Å². The zero-order valence-corrected chi connectivity index (χ0v) is 20.0. The van der Waals surface area contributed by atoms with Crippen LogP contribution in [-0.2, 0) is 31.5 Å². The predicted molar refractivity (Wildman–Crippen MR) is 124 cm³/mol. The minimum Gasteiger partial charge on any atom is -0.378 e. The average Bonchev–Trinajstić information content (AvgIpc) is 3.32. The standard InChI is InChI=1S/C24H25F4N3O4S/c25-20-11-17(5-6-21(20)30-7-9-35-10-8-30)29-23(32)22-18-12-31(13-19(18)22)36(33,34)14-15-1-3-16(4-2-15)24(26,27)28/h1-6,11,18-19,22H,7-10,12-14H2,(H,29,32). The predicted octanol–water partition coefficient (Wildman–Crippen LogP) is 3.33. The molecule has 1 N–H and O–H groups in total. The second-order valence-corrected chi connectivity index (χ2v) is 11.3. The number of nitrogens with zero attached hydrogens (tertiary/aromatic N) is 2. The molecule has 7 nitrogen and oxygen atoms in total. The number of carbonyl (C=O) groups excluding carboxylic acids is 1. The first kappa shape index (κ1) is 25.0. The van der Waals surface area contributed by atoms with Crippen LogP contribution in [0.3, 0.4) is 0 Å². The number of carbonyl (C=O) groups is 1. The van der Waals surface area contributed by atoms with Crippen LogP contribution in [-0.4, -0.2) is 58.0 Å². The fourth-order valence-electron chi connectivity index (χ4n) is 5.07. The average molecular weight is 528 g/mol. The van der Waals surface area contributed by atoms with Crippen LogP contribution in [0.4, 0.5) is 28.9 Å². The molecule has 2 aliphatic heterocycles.